The lowest BCUT2D eigenvalue weighted by molar-refractivity contribution is 0.664. The highest BCUT2D eigenvalue weighted by atomic mass is 16.1. The number of rotatable bonds is 9. The molecule has 5 aromatic rings. The van der Waals surface area contributed by atoms with E-state index in [1.807, 2.05) is 60.4 Å². The van der Waals surface area contributed by atoms with Crippen LogP contribution in [0.4, 0.5) is 0 Å². The second-order valence-corrected chi connectivity index (χ2v) is 8.77. The van der Waals surface area contributed by atoms with E-state index in [1.165, 1.54) is 0 Å². The lowest BCUT2D eigenvalue weighted by Crippen LogP contribution is -2.26. The Bertz CT molecular complexity index is 1600. The van der Waals surface area contributed by atoms with Crippen LogP contribution in [0.25, 0.3) is 28.3 Å². The summed E-state index contributed by atoms with van der Waals surface area (Å²) in [5.41, 5.74) is 5.05. The smallest absolute Gasteiger partial charge is 0.333 e. The summed E-state index contributed by atoms with van der Waals surface area (Å²) in [6, 6.07) is 13.9. The van der Waals surface area contributed by atoms with Gasteiger partial charge in [-0.2, -0.15) is 5.26 Å². The normalized spacial score (nSPS) is 11.1. The second kappa shape index (κ2) is 10.5. The number of aromatic nitrogens is 8. The number of benzene rings is 1. The molecule has 0 saturated carbocycles. The van der Waals surface area contributed by atoms with Crippen LogP contribution in [0, 0.1) is 11.3 Å². The largest absolute Gasteiger partial charge is 0.334 e. The van der Waals surface area contributed by atoms with Crippen molar-refractivity contribution in [2.75, 3.05) is 0 Å². The lowest BCUT2D eigenvalue weighted by atomic mass is 10.00. The Morgan fingerprint density at radius 1 is 1.08 bits per heavy atom. The molecule has 0 aliphatic rings. The molecule has 0 radical (unpaired) electrons. The first-order valence-electron chi connectivity index (χ1n) is 12.3. The van der Waals surface area contributed by atoms with E-state index in [2.05, 4.69) is 38.6 Å². The van der Waals surface area contributed by atoms with Gasteiger partial charge in [0.2, 0.25) is 0 Å². The van der Waals surface area contributed by atoms with Crippen LogP contribution in [-0.2, 0) is 19.5 Å². The Kier molecular flexibility index (Phi) is 6.76. The van der Waals surface area contributed by atoms with Gasteiger partial charge in [-0.05, 0) is 59.0 Å². The molecule has 0 bridgehead atoms. The number of pyridine rings is 1. The molecule has 1 N–H and O–H groups in total. The van der Waals surface area contributed by atoms with Crippen molar-refractivity contribution in [1.29, 1.82) is 5.26 Å². The summed E-state index contributed by atoms with van der Waals surface area (Å²) in [5.74, 6) is 1.21. The van der Waals surface area contributed by atoms with Gasteiger partial charge in [-0.15, -0.1) is 5.10 Å². The summed E-state index contributed by atoms with van der Waals surface area (Å²) in [6.45, 7) is 5.16. The summed E-state index contributed by atoms with van der Waals surface area (Å²) in [7, 11) is 0. The van der Waals surface area contributed by atoms with Gasteiger partial charge in [0.05, 0.1) is 12.1 Å². The molecule has 186 valence electrons. The third-order valence-electron chi connectivity index (χ3n) is 6.52. The van der Waals surface area contributed by atoms with Crippen molar-refractivity contribution >= 4 is 0 Å². The number of aromatic amines is 1. The molecule has 0 aliphatic carbocycles. The van der Waals surface area contributed by atoms with Crippen LogP contribution < -0.4 is 5.69 Å². The van der Waals surface area contributed by atoms with Gasteiger partial charge in [0.1, 0.15) is 11.9 Å². The molecule has 10 heteroatoms. The molecule has 0 aliphatic heterocycles. The van der Waals surface area contributed by atoms with Gasteiger partial charge in [0.25, 0.3) is 0 Å². The summed E-state index contributed by atoms with van der Waals surface area (Å²) in [5, 5.41) is 23.7. The number of imidazole rings is 1. The van der Waals surface area contributed by atoms with E-state index < -0.39 is 0 Å². The van der Waals surface area contributed by atoms with Crippen molar-refractivity contribution in [1.82, 2.24) is 39.3 Å². The van der Waals surface area contributed by atoms with Crippen LogP contribution in [0.15, 0.2) is 66.0 Å². The van der Waals surface area contributed by atoms with E-state index in [0.29, 0.717) is 30.3 Å². The third kappa shape index (κ3) is 4.59. The van der Waals surface area contributed by atoms with Crippen LogP contribution in [-0.4, -0.2) is 39.3 Å². The molecular formula is C27H27N9O. The number of unbranched alkanes of at least 4 members (excludes halogenated alkanes) is 1. The van der Waals surface area contributed by atoms with Crippen LogP contribution >= 0.6 is 0 Å². The van der Waals surface area contributed by atoms with Crippen LogP contribution in [0.2, 0.25) is 0 Å². The zero-order valence-corrected chi connectivity index (χ0v) is 20.8. The summed E-state index contributed by atoms with van der Waals surface area (Å²) in [6.07, 6.45) is 10.0. The van der Waals surface area contributed by atoms with Crippen molar-refractivity contribution in [2.24, 2.45) is 0 Å². The minimum Gasteiger partial charge on any atom is -0.333 e. The van der Waals surface area contributed by atoms with Gasteiger partial charge in [0, 0.05) is 42.6 Å². The molecule has 0 unspecified atom stereocenters. The highest BCUT2D eigenvalue weighted by Gasteiger charge is 2.19. The number of hydrogen-bond acceptors (Lipinski definition) is 6. The Labute approximate surface area is 213 Å². The number of H-pyrrole nitrogens is 1. The van der Waals surface area contributed by atoms with Crippen LogP contribution in [0.3, 0.4) is 0 Å². The minimum atomic E-state index is -0.168. The molecule has 0 amide bonds. The number of nitrogens with zero attached hydrogens (tertiary/aromatic N) is 8. The fourth-order valence-corrected chi connectivity index (χ4v) is 4.57. The highest BCUT2D eigenvalue weighted by Crippen LogP contribution is 2.26. The van der Waals surface area contributed by atoms with Crippen molar-refractivity contribution < 1.29 is 0 Å². The molecule has 4 aromatic heterocycles. The summed E-state index contributed by atoms with van der Waals surface area (Å²) >= 11 is 0. The molecule has 0 fully saturated rings. The number of nitrogens with one attached hydrogen (secondary N) is 1. The predicted molar refractivity (Wildman–Crippen MR) is 139 cm³/mol. The maximum Gasteiger partial charge on any atom is 0.334 e. The number of hydrogen-bond donors (Lipinski definition) is 1. The molecule has 0 atom stereocenters. The maximum absolute atomic E-state index is 13.8. The first kappa shape index (κ1) is 23.9. The Morgan fingerprint density at radius 2 is 1.89 bits per heavy atom. The standard InChI is InChI=1S/C27H27N9O/c1-3-5-6-23-18-36(26-21(15-28)12-14-34(26)4-2)27(37)35(23)17-22-16-29-13-11-24(22)19-7-9-20(10-8-19)25-30-32-33-31-25/h7-14,16,18H,3-6,17H2,1-2H3,(H,30,31,32,33). The van der Waals surface area contributed by atoms with Crippen molar-refractivity contribution in [3.63, 3.8) is 0 Å². The average Bonchev–Trinajstić information content (AvgIpc) is 3.68. The van der Waals surface area contributed by atoms with Crippen molar-refractivity contribution in [2.45, 2.75) is 46.2 Å². The Balaban J connectivity index is 1.56. The number of aryl methyl sites for hydroxylation is 2. The topological polar surface area (TPSA) is 123 Å². The Morgan fingerprint density at radius 3 is 2.59 bits per heavy atom. The zero-order valence-electron chi connectivity index (χ0n) is 20.8. The van der Waals surface area contributed by atoms with E-state index in [0.717, 1.165) is 47.2 Å². The van der Waals surface area contributed by atoms with Gasteiger partial charge in [0.15, 0.2) is 5.82 Å². The van der Waals surface area contributed by atoms with Gasteiger partial charge in [-0.1, -0.05) is 37.6 Å². The second-order valence-electron chi connectivity index (χ2n) is 8.77. The molecule has 0 saturated heterocycles. The molecule has 1 aromatic carbocycles. The number of tetrazole rings is 1. The van der Waals surface area contributed by atoms with Gasteiger partial charge < -0.3 is 4.57 Å². The van der Waals surface area contributed by atoms with E-state index in [4.69, 9.17) is 0 Å². The van der Waals surface area contributed by atoms with E-state index >= 15 is 0 Å². The van der Waals surface area contributed by atoms with E-state index in [-0.39, 0.29) is 5.69 Å². The fraction of sp³-hybridized carbons (Fsp3) is 0.259. The molecule has 5 rings (SSSR count). The maximum atomic E-state index is 13.8. The monoisotopic (exact) mass is 493 g/mol. The fourth-order valence-electron chi connectivity index (χ4n) is 4.57. The molecular weight excluding hydrogens is 466 g/mol. The SMILES string of the molecule is CCCCc1cn(-c2c(C#N)ccn2CC)c(=O)n1Cc1cnccc1-c1ccc(-c2nnn[nH]2)cc1. The van der Waals surface area contributed by atoms with Gasteiger partial charge in [-0.25, -0.2) is 9.89 Å². The quantitative estimate of drug-likeness (QED) is 0.331. The number of nitriles is 1. The third-order valence-corrected chi connectivity index (χ3v) is 6.52. The Hall–Kier alpha value is -4.78. The lowest BCUT2D eigenvalue weighted by Gasteiger charge is -2.12. The first-order chi connectivity index (χ1) is 18.1. The zero-order chi connectivity index (χ0) is 25.8. The van der Waals surface area contributed by atoms with E-state index in [9.17, 15) is 10.1 Å². The van der Waals surface area contributed by atoms with Crippen molar-refractivity contribution in [3.05, 3.63) is 88.5 Å². The minimum absolute atomic E-state index is 0.168. The summed E-state index contributed by atoms with van der Waals surface area (Å²) < 4.78 is 5.34. The average molecular weight is 494 g/mol. The highest BCUT2D eigenvalue weighted by molar-refractivity contribution is 5.70. The molecule has 37 heavy (non-hydrogen) atoms. The molecule has 0 spiro atoms. The molecule has 4 heterocycles. The van der Waals surface area contributed by atoms with Crippen LogP contribution in [0.5, 0.6) is 0 Å². The first-order valence-corrected chi connectivity index (χ1v) is 12.3. The van der Waals surface area contributed by atoms with Crippen LogP contribution in [0.1, 0.15) is 43.5 Å². The summed E-state index contributed by atoms with van der Waals surface area (Å²) in [4.78, 5) is 18.1. The van der Waals surface area contributed by atoms with Gasteiger partial charge in [-0.3, -0.25) is 14.1 Å². The molecule has 10 nitrogen and oxygen atoms in total. The van der Waals surface area contributed by atoms with E-state index in [1.54, 1.807) is 21.4 Å². The predicted octanol–water partition coefficient (Wildman–Crippen LogP) is 3.97. The van der Waals surface area contributed by atoms with Gasteiger partial charge >= 0.3 is 5.69 Å². The van der Waals surface area contributed by atoms with Crippen molar-refractivity contribution in [3.8, 4) is 34.4 Å².